The standard InChI is InChI=1S/C22H21N/c1-15-12-16(2)22(17(3)13-15)23-20-10-6-4-8-18(20)14-19-9-5-7-11-21(19)23/h4-13H,14H2,1-3H3. The number of aryl methyl sites for hydroxylation is 3. The van der Waals surface area contributed by atoms with Crippen LogP contribution in [0.2, 0.25) is 0 Å². The van der Waals surface area contributed by atoms with Crippen LogP contribution in [0, 0.1) is 20.8 Å². The second-order valence-corrected chi connectivity index (χ2v) is 6.52. The van der Waals surface area contributed by atoms with Crippen LogP contribution in [-0.4, -0.2) is 0 Å². The molecule has 1 heterocycles. The van der Waals surface area contributed by atoms with E-state index in [-0.39, 0.29) is 0 Å². The van der Waals surface area contributed by atoms with Crippen molar-refractivity contribution in [2.45, 2.75) is 27.2 Å². The second kappa shape index (κ2) is 5.27. The topological polar surface area (TPSA) is 3.24 Å². The molecule has 0 aliphatic carbocycles. The van der Waals surface area contributed by atoms with Crippen molar-refractivity contribution in [3.05, 3.63) is 88.5 Å². The Balaban J connectivity index is 2.02. The number of nitrogens with zero attached hydrogens (tertiary/aromatic N) is 1. The average Bonchev–Trinajstić information content (AvgIpc) is 2.53. The van der Waals surface area contributed by atoms with Gasteiger partial charge in [-0.25, -0.2) is 0 Å². The van der Waals surface area contributed by atoms with E-state index in [1.165, 1.54) is 44.9 Å². The van der Waals surface area contributed by atoms with Gasteiger partial charge < -0.3 is 4.90 Å². The molecule has 0 unspecified atom stereocenters. The first-order valence-corrected chi connectivity index (χ1v) is 8.19. The van der Waals surface area contributed by atoms with Crippen LogP contribution in [0.4, 0.5) is 17.1 Å². The average molecular weight is 299 g/mol. The molecule has 0 atom stereocenters. The van der Waals surface area contributed by atoms with Gasteiger partial charge >= 0.3 is 0 Å². The largest absolute Gasteiger partial charge is 0.309 e. The molecule has 3 aromatic rings. The Labute approximate surface area is 138 Å². The van der Waals surface area contributed by atoms with E-state index in [4.69, 9.17) is 0 Å². The first-order chi connectivity index (χ1) is 11.1. The van der Waals surface area contributed by atoms with E-state index in [1.807, 2.05) is 0 Å². The second-order valence-electron chi connectivity index (χ2n) is 6.52. The highest BCUT2D eigenvalue weighted by Crippen LogP contribution is 2.45. The molecular formula is C22H21N. The fourth-order valence-corrected chi connectivity index (χ4v) is 3.86. The quantitative estimate of drug-likeness (QED) is 0.417. The number of hydrogen-bond acceptors (Lipinski definition) is 1. The van der Waals surface area contributed by atoms with Crippen molar-refractivity contribution in [1.29, 1.82) is 0 Å². The van der Waals surface area contributed by atoms with Crippen LogP contribution >= 0.6 is 0 Å². The number of para-hydroxylation sites is 2. The van der Waals surface area contributed by atoms with Crippen LogP contribution in [0.25, 0.3) is 0 Å². The summed E-state index contributed by atoms with van der Waals surface area (Å²) in [7, 11) is 0. The van der Waals surface area contributed by atoms with Crippen LogP contribution in [0.1, 0.15) is 27.8 Å². The molecule has 0 radical (unpaired) electrons. The lowest BCUT2D eigenvalue weighted by Gasteiger charge is -2.35. The van der Waals surface area contributed by atoms with E-state index in [2.05, 4.69) is 86.3 Å². The van der Waals surface area contributed by atoms with Crippen LogP contribution < -0.4 is 4.90 Å². The molecular weight excluding hydrogens is 278 g/mol. The van der Waals surface area contributed by atoms with Crippen molar-refractivity contribution in [1.82, 2.24) is 0 Å². The zero-order valence-electron chi connectivity index (χ0n) is 13.9. The summed E-state index contributed by atoms with van der Waals surface area (Å²) in [5.41, 5.74) is 10.7. The van der Waals surface area contributed by atoms with E-state index in [0.717, 1.165) is 6.42 Å². The molecule has 0 bridgehead atoms. The summed E-state index contributed by atoms with van der Waals surface area (Å²) in [6, 6.07) is 22.1. The van der Waals surface area contributed by atoms with Crippen molar-refractivity contribution in [3.63, 3.8) is 0 Å². The van der Waals surface area contributed by atoms with E-state index in [9.17, 15) is 0 Å². The van der Waals surface area contributed by atoms with E-state index in [0.29, 0.717) is 0 Å². The molecule has 23 heavy (non-hydrogen) atoms. The zero-order chi connectivity index (χ0) is 16.0. The molecule has 0 saturated carbocycles. The zero-order valence-corrected chi connectivity index (χ0v) is 13.9. The normalized spacial score (nSPS) is 12.7. The number of rotatable bonds is 1. The number of benzene rings is 3. The molecule has 114 valence electrons. The van der Waals surface area contributed by atoms with Gasteiger partial charge in [0.25, 0.3) is 0 Å². The monoisotopic (exact) mass is 299 g/mol. The molecule has 1 aliphatic heterocycles. The molecule has 1 heteroatoms. The molecule has 1 aliphatic rings. The maximum absolute atomic E-state index is 2.44. The third-order valence-electron chi connectivity index (χ3n) is 4.70. The van der Waals surface area contributed by atoms with Crippen molar-refractivity contribution in [2.24, 2.45) is 0 Å². The predicted molar refractivity (Wildman–Crippen MR) is 98.1 cm³/mol. The van der Waals surface area contributed by atoms with Gasteiger partial charge in [-0.2, -0.15) is 0 Å². The van der Waals surface area contributed by atoms with Crippen molar-refractivity contribution >= 4 is 17.1 Å². The summed E-state index contributed by atoms with van der Waals surface area (Å²) < 4.78 is 0. The first-order valence-electron chi connectivity index (χ1n) is 8.19. The first kappa shape index (κ1) is 14.1. The van der Waals surface area contributed by atoms with Crippen molar-refractivity contribution < 1.29 is 0 Å². The van der Waals surface area contributed by atoms with Gasteiger partial charge in [-0.15, -0.1) is 0 Å². The summed E-state index contributed by atoms with van der Waals surface area (Å²) in [5, 5.41) is 0. The van der Waals surface area contributed by atoms with Crippen LogP contribution in [0.3, 0.4) is 0 Å². The number of hydrogen-bond donors (Lipinski definition) is 0. The minimum absolute atomic E-state index is 1.01. The predicted octanol–water partition coefficient (Wildman–Crippen LogP) is 5.99. The van der Waals surface area contributed by atoms with Gasteiger partial charge in [0.1, 0.15) is 0 Å². The van der Waals surface area contributed by atoms with E-state index >= 15 is 0 Å². The van der Waals surface area contributed by atoms with Gasteiger partial charge in [-0.1, -0.05) is 54.1 Å². The maximum Gasteiger partial charge on any atom is 0.0520 e. The van der Waals surface area contributed by atoms with Gasteiger partial charge in [0, 0.05) is 17.8 Å². The van der Waals surface area contributed by atoms with E-state index < -0.39 is 0 Å². The third-order valence-corrected chi connectivity index (χ3v) is 4.70. The van der Waals surface area contributed by atoms with Crippen LogP contribution in [0.5, 0.6) is 0 Å². The Bertz CT molecular complexity index is 823. The molecule has 0 amide bonds. The van der Waals surface area contributed by atoms with Gasteiger partial charge in [-0.3, -0.25) is 0 Å². The Hall–Kier alpha value is -2.54. The SMILES string of the molecule is Cc1cc(C)c(N2c3ccccc3Cc3ccccc32)c(C)c1. The molecule has 0 N–H and O–H groups in total. The lowest BCUT2D eigenvalue weighted by molar-refractivity contribution is 1.07. The maximum atomic E-state index is 2.44. The summed E-state index contributed by atoms with van der Waals surface area (Å²) in [4.78, 5) is 2.44. The Morgan fingerprint density at radius 1 is 0.696 bits per heavy atom. The summed E-state index contributed by atoms with van der Waals surface area (Å²) >= 11 is 0. The highest BCUT2D eigenvalue weighted by atomic mass is 15.2. The summed E-state index contributed by atoms with van der Waals surface area (Å²) in [6.07, 6.45) is 1.01. The van der Waals surface area contributed by atoms with Crippen molar-refractivity contribution in [3.8, 4) is 0 Å². The molecule has 0 spiro atoms. The van der Waals surface area contributed by atoms with Crippen molar-refractivity contribution in [2.75, 3.05) is 4.90 Å². The Kier molecular flexibility index (Phi) is 3.23. The molecule has 3 aromatic carbocycles. The lowest BCUT2D eigenvalue weighted by atomic mass is 9.93. The third kappa shape index (κ3) is 2.24. The molecule has 1 nitrogen and oxygen atoms in total. The number of fused-ring (bicyclic) bond motifs is 2. The fraction of sp³-hybridized carbons (Fsp3) is 0.182. The van der Waals surface area contributed by atoms with E-state index in [1.54, 1.807) is 0 Å². The van der Waals surface area contributed by atoms with Gasteiger partial charge in [0.15, 0.2) is 0 Å². The van der Waals surface area contributed by atoms with Gasteiger partial charge in [0.2, 0.25) is 0 Å². The fourth-order valence-electron chi connectivity index (χ4n) is 3.86. The van der Waals surface area contributed by atoms with Crippen LogP contribution in [-0.2, 0) is 6.42 Å². The molecule has 4 rings (SSSR count). The smallest absolute Gasteiger partial charge is 0.0520 e. The minimum Gasteiger partial charge on any atom is -0.309 e. The van der Waals surface area contributed by atoms with Gasteiger partial charge in [0.05, 0.1) is 5.69 Å². The van der Waals surface area contributed by atoms with Crippen LogP contribution in [0.15, 0.2) is 60.7 Å². The molecule has 0 aromatic heterocycles. The Morgan fingerprint density at radius 3 is 1.70 bits per heavy atom. The minimum atomic E-state index is 1.01. The molecule has 0 saturated heterocycles. The Morgan fingerprint density at radius 2 is 1.17 bits per heavy atom. The summed E-state index contributed by atoms with van der Waals surface area (Å²) in [6.45, 7) is 6.60. The number of anilines is 3. The lowest BCUT2D eigenvalue weighted by Crippen LogP contribution is -2.20. The summed E-state index contributed by atoms with van der Waals surface area (Å²) in [5.74, 6) is 0. The highest BCUT2D eigenvalue weighted by molar-refractivity contribution is 5.86. The highest BCUT2D eigenvalue weighted by Gasteiger charge is 2.25. The molecule has 0 fully saturated rings. The van der Waals surface area contributed by atoms with Gasteiger partial charge in [-0.05, 0) is 55.2 Å².